The number of ether oxygens (including phenoxy) is 3. The standard InChI is InChI=1S/C58H100O6/c1-4-7-10-13-16-18-20-22-24-25-26-27-28-29-30-31-32-33-35-36-38-40-42-45-48-51-57(60)63-54-55(53-62-56(59)50-47-44-15-12-9-6-3)64-58(61)52-49-46-43-41-39-37-34-23-21-19-17-14-11-8-5-2/h8,11,17,19-20,22-23,25-26,28-29,34,55H,4-7,9-10,12-16,18,21,24,27,30-33,35-54H2,1-3H3/b11-8-,19-17-,22-20-,26-25-,29-28-,34-23-. The van der Waals surface area contributed by atoms with E-state index in [9.17, 15) is 14.4 Å². The molecule has 0 radical (unpaired) electrons. The maximum absolute atomic E-state index is 12.7. The van der Waals surface area contributed by atoms with Crippen LogP contribution in [0.2, 0.25) is 0 Å². The number of unbranched alkanes of at least 4 members (excludes halogenated alkanes) is 25. The molecule has 0 aliphatic heterocycles. The molecule has 0 saturated heterocycles. The summed E-state index contributed by atoms with van der Waals surface area (Å²) in [5.41, 5.74) is 0. The molecule has 64 heavy (non-hydrogen) atoms. The summed E-state index contributed by atoms with van der Waals surface area (Å²) in [7, 11) is 0. The van der Waals surface area contributed by atoms with Crippen LogP contribution in [-0.4, -0.2) is 37.2 Å². The highest BCUT2D eigenvalue weighted by Crippen LogP contribution is 2.15. The molecule has 0 spiro atoms. The van der Waals surface area contributed by atoms with Gasteiger partial charge in [-0.2, -0.15) is 0 Å². The van der Waals surface area contributed by atoms with Crippen LogP contribution in [0.4, 0.5) is 0 Å². The first-order valence-corrected chi connectivity index (χ1v) is 26.9. The van der Waals surface area contributed by atoms with Crippen molar-refractivity contribution in [3.8, 4) is 0 Å². The van der Waals surface area contributed by atoms with Gasteiger partial charge in [0, 0.05) is 19.3 Å². The fraction of sp³-hybridized carbons (Fsp3) is 0.741. The zero-order chi connectivity index (χ0) is 46.5. The third-order valence-corrected chi connectivity index (χ3v) is 11.4. The molecule has 0 heterocycles. The van der Waals surface area contributed by atoms with Crippen molar-refractivity contribution in [2.75, 3.05) is 13.2 Å². The van der Waals surface area contributed by atoms with Crippen LogP contribution in [0, 0.1) is 0 Å². The highest BCUT2D eigenvalue weighted by atomic mass is 16.6. The van der Waals surface area contributed by atoms with Gasteiger partial charge in [-0.15, -0.1) is 0 Å². The van der Waals surface area contributed by atoms with E-state index in [-0.39, 0.29) is 31.1 Å². The Balaban J connectivity index is 4.16. The van der Waals surface area contributed by atoms with Gasteiger partial charge in [0.15, 0.2) is 6.10 Å². The van der Waals surface area contributed by atoms with E-state index in [4.69, 9.17) is 14.2 Å². The molecule has 0 aliphatic carbocycles. The highest BCUT2D eigenvalue weighted by molar-refractivity contribution is 5.71. The smallest absolute Gasteiger partial charge is 0.306 e. The Labute approximate surface area is 395 Å². The van der Waals surface area contributed by atoms with Gasteiger partial charge in [-0.05, 0) is 89.9 Å². The van der Waals surface area contributed by atoms with Gasteiger partial charge in [-0.25, -0.2) is 0 Å². The average molecular weight is 893 g/mol. The lowest BCUT2D eigenvalue weighted by atomic mass is 10.1. The van der Waals surface area contributed by atoms with E-state index in [0.717, 1.165) is 109 Å². The van der Waals surface area contributed by atoms with E-state index in [1.165, 1.54) is 109 Å². The third-order valence-electron chi connectivity index (χ3n) is 11.4. The lowest BCUT2D eigenvalue weighted by molar-refractivity contribution is -0.167. The summed E-state index contributed by atoms with van der Waals surface area (Å²) in [6.07, 6.45) is 66.3. The molecule has 0 fully saturated rings. The van der Waals surface area contributed by atoms with Crippen molar-refractivity contribution in [1.29, 1.82) is 0 Å². The SMILES string of the molecule is CC/C=C\C/C=C\C/C=C\CCCCCCCC(=O)OC(COC(=O)CCCCCCCC)COC(=O)CCCCCCCCCCCC/C=C\C/C=C\C/C=C\CCCCCCC. The van der Waals surface area contributed by atoms with Crippen LogP contribution in [0.3, 0.4) is 0 Å². The molecule has 0 aromatic rings. The number of allylic oxidation sites excluding steroid dienone is 12. The Bertz CT molecular complexity index is 1210. The van der Waals surface area contributed by atoms with Crippen LogP contribution < -0.4 is 0 Å². The summed E-state index contributed by atoms with van der Waals surface area (Å²) in [6, 6.07) is 0. The van der Waals surface area contributed by atoms with Gasteiger partial charge in [0.25, 0.3) is 0 Å². The van der Waals surface area contributed by atoms with Crippen LogP contribution in [0.1, 0.15) is 258 Å². The molecule has 0 N–H and O–H groups in total. The van der Waals surface area contributed by atoms with Gasteiger partial charge < -0.3 is 14.2 Å². The first-order chi connectivity index (χ1) is 31.5. The number of hydrogen-bond acceptors (Lipinski definition) is 6. The molecule has 6 heteroatoms. The molecule has 1 unspecified atom stereocenters. The Morgan fingerprint density at radius 1 is 0.328 bits per heavy atom. The van der Waals surface area contributed by atoms with Crippen LogP contribution in [-0.2, 0) is 28.6 Å². The van der Waals surface area contributed by atoms with Crippen molar-refractivity contribution in [3.05, 3.63) is 72.9 Å². The molecule has 0 saturated carbocycles. The van der Waals surface area contributed by atoms with Crippen molar-refractivity contribution in [3.63, 3.8) is 0 Å². The van der Waals surface area contributed by atoms with Crippen LogP contribution in [0.5, 0.6) is 0 Å². The lowest BCUT2D eigenvalue weighted by Crippen LogP contribution is -2.30. The number of esters is 3. The Hall–Kier alpha value is -3.15. The lowest BCUT2D eigenvalue weighted by Gasteiger charge is -2.18. The molecule has 1 atom stereocenters. The monoisotopic (exact) mass is 893 g/mol. The number of hydrogen-bond donors (Lipinski definition) is 0. The quantitative estimate of drug-likeness (QED) is 0.0262. The van der Waals surface area contributed by atoms with Gasteiger partial charge in [-0.3, -0.25) is 14.4 Å². The van der Waals surface area contributed by atoms with Gasteiger partial charge in [0.05, 0.1) is 0 Å². The van der Waals surface area contributed by atoms with Gasteiger partial charge >= 0.3 is 17.9 Å². The fourth-order valence-electron chi connectivity index (χ4n) is 7.40. The first kappa shape index (κ1) is 60.9. The molecule has 0 aromatic carbocycles. The maximum Gasteiger partial charge on any atom is 0.306 e. The zero-order valence-electron chi connectivity index (χ0n) is 42.0. The van der Waals surface area contributed by atoms with Crippen LogP contribution >= 0.6 is 0 Å². The zero-order valence-corrected chi connectivity index (χ0v) is 42.0. The highest BCUT2D eigenvalue weighted by Gasteiger charge is 2.19. The molecule has 6 nitrogen and oxygen atoms in total. The summed E-state index contributed by atoms with van der Waals surface area (Å²) in [5.74, 6) is -0.912. The van der Waals surface area contributed by atoms with Gasteiger partial charge in [-0.1, -0.05) is 222 Å². The van der Waals surface area contributed by atoms with E-state index in [1.807, 2.05) is 0 Å². The summed E-state index contributed by atoms with van der Waals surface area (Å²) < 4.78 is 16.7. The minimum absolute atomic E-state index is 0.0837. The minimum atomic E-state index is -0.782. The maximum atomic E-state index is 12.7. The van der Waals surface area contributed by atoms with E-state index in [1.54, 1.807) is 0 Å². The predicted octanol–water partition coefficient (Wildman–Crippen LogP) is 17.8. The second kappa shape index (κ2) is 52.5. The third kappa shape index (κ3) is 49.9. The van der Waals surface area contributed by atoms with E-state index in [2.05, 4.69) is 93.7 Å². The van der Waals surface area contributed by atoms with E-state index < -0.39 is 6.10 Å². The van der Waals surface area contributed by atoms with Crippen LogP contribution in [0.15, 0.2) is 72.9 Å². The summed E-state index contributed by atoms with van der Waals surface area (Å²) >= 11 is 0. The van der Waals surface area contributed by atoms with Crippen molar-refractivity contribution < 1.29 is 28.6 Å². The predicted molar refractivity (Wildman–Crippen MR) is 274 cm³/mol. The molecule has 0 rings (SSSR count). The largest absolute Gasteiger partial charge is 0.462 e. The summed E-state index contributed by atoms with van der Waals surface area (Å²) in [6.45, 7) is 6.44. The molecular formula is C58H100O6. The normalized spacial score (nSPS) is 12.6. The average Bonchev–Trinajstić information content (AvgIpc) is 3.29. The topological polar surface area (TPSA) is 78.9 Å². The molecular weight excluding hydrogens is 793 g/mol. The molecule has 0 aliphatic rings. The van der Waals surface area contributed by atoms with Gasteiger partial charge in [0.2, 0.25) is 0 Å². The Morgan fingerprint density at radius 2 is 0.609 bits per heavy atom. The van der Waals surface area contributed by atoms with Crippen molar-refractivity contribution in [2.45, 2.75) is 264 Å². The number of carbonyl (C=O) groups is 3. The second-order valence-corrected chi connectivity index (χ2v) is 17.8. The first-order valence-electron chi connectivity index (χ1n) is 26.9. The van der Waals surface area contributed by atoms with E-state index >= 15 is 0 Å². The fourth-order valence-corrected chi connectivity index (χ4v) is 7.40. The molecule has 0 amide bonds. The minimum Gasteiger partial charge on any atom is -0.462 e. The van der Waals surface area contributed by atoms with E-state index in [0.29, 0.717) is 19.3 Å². The van der Waals surface area contributed by atoms with Gasteiger partial charge in [0.1, 0.15) is 13.2 Å². The second-order valence-electron chi connectivity index (χ2n) is 17.8. The Kier molecular flexibility index (Phi) is 49.9. The number of carbonyl (C=O) groups excluding carboxylic acids is 3. The van der Waals surface area contributed by atoms with Crippen LogP contribution in [0.25, 0.3) is 0 Å². The molecule has 0 bridgehead atoms. The Morgan fingerprint density at radius 3 is 0.953 bits per heavy atom. The van der Waals surface area contributed by atoms with Crippen molar-refractivity contribution >= 4 is 17.9 Å². The molecule has 368 valence electrons. The van der Waals surface area contributed by atoms with Crippen molar-refractivity contribution in [1.82, 2.24) is 0 Å². The van der Waals surface area contributed by atoms with Crippen molar-refractivity contribution in [2.24, 2.45) is 0 Å². The number of rotatable bonds is 48. The summed E-state index contributed by atoms with van der Waals surface area (Å²) in [5, 5.41) is 0. The molecule has 0 aromatic heterocycles. The summed E-state index contributed by atoms with van der Waals surface area (Å²) in [4.78, 5) is 37.8.